The lowest BCUT2D eigenvalue weighted by atomic mass is 10.0. The molecule has 0 saturated heterocycles. The summed E-state index contributed by atoms with van der Waals surface area (Å²) in [5, 5.41) is 9.80. The molecule has 0 spiro atoms. The van der Waals surface area contributed by atoms with Crippen molar-refractivity contribution in [2.24, 2.45) is 0 Å². The molecule has 0 radical (unpaired) electrons. The molecule has 0 unspecified atom stereocenters. The number of hydrogen-bond acceptors (Lipinski definition) is 3. The van der Waals surface area contributed by atoms with Crippen LogP contribution in [0.15, 0.2) is 224 Å². The SMILES string of the molecule is c1ccc(-c2nc(-c3ccc(-c4ccc(-n5c6cc7ccccc7cc6c6ccc7ccccc7c65)cc4)cc3)nc(-c3ccc4c(c3)c3ccccc3n4-c3ccccc3)n2)cc1. The second kappa shape index (κ2) is 14.5. The van der Waals surface area contributed by atoms with Gasteiger partial charge in [-0.3, -0.25) is 0 Å². The Bertz CT molecular complexity index is 3920. The Morgan fingerprint density at radius 3 is 1.48 bits per heavy atom. The Labute approximate surface area is 368 Å². The number of aromatic nitrogens is 5. The zero-order chi connectivity index (χ0) is 42.1. The van der Waals surface area contributed by atoms with Crippen molar-refractivity contribution < 1.29 is 0 Å². The molecule has 64 heavy (non-hydrogen) atoms. The van der Waals surface area contributed by atoms with E-state index in [9.17, 15) is 0 Å². The second-order valence-electron chi connectivity index (χ2n) is 16.5. The summed E-state index contributed by atoms with van der Waals surface area (Å²) in [6.07, 6.45) is 0. The smallest absolute Gasteiger partial charge is 0.164 e. The average molecular weight is 816 g/mol. The van der Waals surface area contributed by atoms with E-state index in [1.54, 1.807) is 0 Å². The molecular formula is C59H37N5. The van der Waals surface area contributed by atoms with Crippen LogP contribution in [0.3, 0.4) is 0 Å². The maximum atomic E-state index is 5.15. The lowest BCUT2D eigenvalue weighted by Crippen LogP contribution is -2.00. The predicted molar refractivity (Wildman–Crippen MR) is 265 cm³/mol. The minimum atomic E-state index is 0.628. The summed E-state index contributed by atoms with van der Waals surface area (Å²) < 4.78 is 4.76. The van der Waals surface area contributed by atoms with Crippen molar-refractivity contribution >= 4 is 65.2 Å². The Balaban J connectivity index is 0.890. The molecule has 0 aliphatic carbocycles. The highest BCUT2D eigenvalue weighted by molar-refractivity contribution is 6.20. The Hall–Kier alpha value is -8.67. The first-order valence-electron chi connectivity index (χ1n) is 21.7. The molecule has 13 aromatic rings. The molecule has 13 rings (SSSR count). The maximum absolute atomic E-state index is 5.15. The fraction of sp³-hybridized carbons (Fsp3) is 0. The molecule has 0 aliphatic heterocycles. The molecule has 10 aromatic carbocycles. The highest BCUT2D eigenvalue weighted by atomic mass is 15.0. The summed E-state index contributed by atoms with van der Waals surface area (Å²) in [5.41, 5.74) is 12.0. The molecule has 0 bridgehead atoms. The van der Waals surface area contributed by atoms with Crippen LogP contribution in [0.25, 0.3) is 122 Å². The van der Waals surface area contributed by atoms with Crippen LogP contribution in [0, 0.1) is 0 Å². The molecule has 3 aromatic heterocycles. The van der Waals surface area contributed by atoms with Crippen LogP contribution in [0.4, 0.5) is 0 Å². The van der Waals surface area contributed by atoms with E-state index in [1.165, 1.54) is 48.7 Å². The van der Waals surface area contributed by atoms with Crippen LogP contribution in [0.2, 0.25) is 0 Å². The van der Waals surface area contributed by atoms with E-state index >= 15 is 0 Å². The summed E-state index contributed by atoms with van der Waals surface area (Å²) in [4.78, 5) is 15.3. The predicted octanol–water partition coefficient (Wildman–Crippen LogP) is 15.0. The van der Waals surface area contributed by atoms with Crippen molar-refractivity contribution in [2.75, 3.05) is 0 Å². The van der Waals surface area contributed by atoms with Gasteiger partial charge in [-0.15, -0.1) is 0 Å². The first-order chi connectivity index (χ1) is 31.7. The Morgan fingerprint density at radius 1 is 0.250 bits per heavy atom. The van der Waals surface area contributed by atoms with E-state index in [4.69, 9.17) is 15.0 Å². The lowest BCUT2D eigenvalue weighted by Gasteiger charge is -2.12. The van der Waals surface area contributed by atoms with Gasteiger partial charge in [-0.05, 0) is 87.9 Å². The molecule has 0 N–H and O–H groups in total. The third-order valence-corrected chi connectivity index (χ3v) is 12.7. The van der Waals surface area contributed by atoms with E-state index < -0.39 is 0 Å². The molecule has 5 heteroatoms. The van der Waals surface area contributed by atoms with E-state index in [2.05, 4.69) is 215 Å². The van der Waals surface area contributed by atoms with Gasteiger partial charge in [0.25, 0.3) is 0 Å². The summed E-state index contributed by atoms with van der Waals surface area (Å²) in [6.45, 7) is 0. The van der Waals surface area contributed by atoms with Gasteiger partial charge in [0.1, 0.15) is 0 Å². The van der Waals surface area contributed by atoms with Crippen molar-refractivity contribution in [3.63, 3.8) is 0 Å². The average Bonchev–Trinajstić information content (AvgIpc) is 3.88. The number of fused-ring (bicyclic) bond motifs is 9. The van der Waals surface area contributed by atoms with Gasteiger partial charge in [0, 0.05) is 55.0 Å². The zero-order valence-electron chi connectivity index (χ0n) is 34.6. The Morgan fingerprint density at radius 2 is 0.750 bits per heavy atom. The van der Waals surface area contributed by atoms with Gasteiger partial charge < -0.3 is 9.13 Å². The molecule has 0 fully saturated rings. The van der Waals surface area contributed by atoms with Crippen LogP contribution in [0.1, 0.15) is 0 Å². The molecule has 298 valence electrons. The summed E-state index contributed by atoms with van der Waals surface area (Å²) in [6, 6.07) is 79.9. The van der Waals surface area contributed by atoms with Crippen molar-refractivity contribution in [3.05, 3.63) is 224 Å². The number of nitrogens with zero attached hydrogens (tertiary/aromatic N) is 5. The summed E-state index contributed by atoms with van der Waals surface area (Å²) >= 11 is 0. The number of benzene rings is 10. The van der Waals surface area contributed by atoms with Gasteiger partial charge in [-0.1, -0.05) is 164 Å². The third-order valence-electron chi connectivity index (χ3n) is 12.7. The normalized spacial score (nSPS) is 11.8. The van der Waals surface area contributed by atoms with Gasteiger partial charge >= 0.3 is 0 Å². The van der Waals surface area contributed by atoms with Gasteiger partial charge in [0.05, 0.1) is 22.1 Å². The summed E-state index contributed by atoms with van der Waals surface area (Å²) in [5.74, 6) is 1.90. The van der Waals surface area contributed by atoms with Crippen LogP contribution in [-0.2, 0) is 0 Å². The minimum absolute atomic E-state index is 0.628. The largest absolute Gasteiger partial charge is 0.309 e. The zero-order valence-corrected chi connectivity index (χ0v) is 34.6. The third kappa shape index (κ3) is 5.83. The van der Waals surface area contributed by atoms with Crippen molar-refractivity contribution in [1.29, 1.82) is 0 Å². The fourth-order valence-corrected chi connectivity index (χ4v) is 9.66. The van der Waals surface area contributed by atoms with E-state index in [0.29, 0.717) is 17.5 Å². The monoisotopic (exact) mass is 815 g/mol. The highest BCUT2D eigenvalue weighted by Gasteiger charge is 2.19. The highest BCUT2D eigenvalue weighted by Crippen LogP contribution is 2.40. The molecule has 3 heterocycles. The fourth-order valence-electron chi connectivity index (χ4n) is 9.66. The van der Waals surface area contributed by atoms with E-state index in [1.807, 2.05) is 18.2 Å². The second-order valence-corrected chi connectivity index (χ2v) is 16.5. The molecule has 5 nitrogen and oxygen atoms in total. The molecule has 0 atom stereocenters. The van der Waals surface area contributed by atoms with Gasteiger partial charge in [-0.25, -0.2) is 15.0 Å². The molecule has 0 saturated carbocycles. The number of hydrogen-bond donors (Lipinski definition) is 0. The van der Waals surface area contributed by atoms with Crippen LogP contribution >= 0.6 is 0 Å². The quantitative estimate of drug-likeness (QED) is 0.168. The minimum Gasteiger partial charge on any atom is -0.309 e. The van der Waals surface area contributed by atoms with Crippen molar-refractivity contribution in [2.45, 2.75) is 0 Å². The molecule has 0 amide bonds. The topological polar surface area (TPSA) is 48.5 Å². The maximum Gasteiger partial charge on any atom is 0.164 e. The van der Waals surface area contributed by atoms with E-state index in [0.717, 1.165) is 55.6 Å². The van der Waals surface area contributed by atoms with Crippen molar-refractivity contribution in [3.8, 4) is 56.7 Å². The first kappa shape index (κ1) is 36.0. The first-order valence-corrected chi connectivity index (χ1v) is 21.7. The number of rotatable bonds is 6. The van der Waals surface area contributed by atoms with Crippen LogP contribution in [-0.4, -0.2) is 24.1 Å². The van der Waals surface area contributed by atoms with Gasteiger partial charge in [0.15, 0.2) is 17.5 Å². The summed E-state index contributed by atoms with van der Waals surface area (Å²) in [7, 11) is 0. The lowest BCUT2D eigenvalue weighted by molar-refractivity contribution is 1.07. The molecular weight excluding hydrogens is 779 g/mol. The van der Waals surface area contributed by atoms with E-state index in [-0.39, 0.29) is 0 Å². The van der Waals surface area contributed by atoms with Crippen LogP contribution < -0.4 is 0 Å². The Kier molecular flexibility index (Phi) is 8.15. The number of para-hydroxylation sites is 2. The van der Waals surface area contributed by atoms with Gasteiger partial charge in [-0.2, -0.15) is 0 Å². The molecule has 0 aliphatic rings. The van der Waals surface area contributed by atoms with Gasteiger partial charge in [0.2, 0.25) is 0 Å². The standard InChI is InChI=1S/C59H37N5/c1-3-14-41(15-4-1)57-60-58(62-59(61-57)45-30-34-54-51(36-45)49-21-11-12-22-53(49)63(54)46-18-5-2-6-19-46)42-25-23-38(24-26-42)39-27-31-47(32-28-39)64-55-37-44-17-8-7-16-43(44)35-52(55)50-33-29-40-13-9-10-20-48(40)56(50)64/h1-37H. The van der Waals surface area contributed by atoms with Crippen LogP contribution in [0.5, 0.6) is 0 Å². The van der Waals surface area contributed by atoms with Crippen molar-refractivity contribution in [1.82, 2.24) is 24.1 Å².